The standard InChI is InChI=1S/C19H22ClN5O4S/c1-29-9-7-21-15(26)12-4-3-8-25(11-12)19(28)18-24-23-17(30-18)16(27)22-14-6-2-5-13(20)10-14/h2,5-6,10,12H,3-4,7-9,11H2,1H3,(H,21,26)(H,22,27). The summed E-state index contributed by atoms with van der Waals surface area (Å²) in [4.78, 5) is 39.0. The minimum Gasteiger partial charge on any atom is -0.383 e. The molecule has 11 heteroatoms. The lowest BCUT2D eigenvalue weighted by Crippen LogP contribution is -2.45. The van der Waals surface area contributed by atoms with Gasteiger partial charge < -0.3 is 20.3 Å². The zero-order valence-electron chi connectivity index (χ0n) is 16.4. The first-order valence-electron chi connectivity index (χ1n) is 9.44. The second-order valence-corrected chi connectivity index (χ2v) is 8.16. The highest BCUT2D eigenvalue weighted by Gasteiger charge is 2.30. The van der Waals surface area contributed by atoms with Crippen LogP contribution in [0.25, 0.3) is 0 Å². The third kappa shape index (κ3) is 5.74. The summed E-state index contributed by atoms with van der Waals surface area (Å²) in [5.41, 5.74) is 0.522. The largest absolute Gasteiger partial charge is 0.383 e. The van der Waals surface area contributed by atoms with Crippen LogP contribution in [-0.2, 0) is 9.53 Å². The third-order valence-electron chi connectivity index (χ3n) is 4.57. The minimum atomic E-state index is -0.470. The number of amides is 3. The van der Waals surface area contributed by atoms with Crippen molar-refractivity contribution in [2.45, 2.75) is 12.8 Å². The van der Waals surface area contributed by atoms with E-state index in [1.807, 2.05) is 0 Å². The van der Waals surface area contributed by atoms with Gasteiger partial charge in [0.2, 0.25) is 15.9 Å². The minimum absolute atomic E-state index is 0.0733. The second-order valence-electron chi connectivity index (χ2n) is 6.75. The van der Waals surface area contributed by atoms with Crippen LogP contribution in [0.3, 0.4) is 0 Å². The van der Waals surface area contributed by atoms with Crippen molar-refractivity contribution in [1.29, 1.82) is 0 Å². The van der Waals surface area contributed by atoms with E-state index in [-0.39, 0.29) is 27.7 Å². The lowest BCUT2D eigenvalue weighted by atomic mass is 9.97. The van der Waals surface area contributed by atoms with E-state index in [4.69, 9.17) is 16.3 Å². The van der Waals surface area contributed by atoms with E-state index in [1.54, 1.807) is 36.3 Å². The quantitative estimate of drug-likeness (QED) is 0.623. The number of hydrogen-bond acceptors (Lipinski definition) is 7. The van der Waals surface area contributed by atoms with E-state index in [2.05, 4.69) is 20.8 Å². The van der Waals surface area contributed by atoms with E-state index in [0.717, 1.165) is 17.8 Å². The van der Waals surface area contributed by atoms with E-state index >= 15 is 0 Å². The Bertz CT molecular complexity index is 922. The predicted octanol–water partition coefficient (Wildman–Crippen LogP) is 2.06. The average molecular weight is 452 g/mol. The number of likely N-dealkylation sites (tertiary alicyclic amines) is 1. The summed E-state index contributed by atoms with van der Waals surface area (Å²) >= 11 is 6.83. The van der Waals surface area contributed by atoms with Crippen molar-refractivity contribution < 1.29 is 19.1 Å². The Morgan fingerprint density at radius 1 is 1.30 bits per heavy atom. The van der Waals surface area contributed by atoms with Gasteiger partial charge in [0, 0.05) is 37.5 Å². The van der Waals surface area contributed by atoms with Gasteiger partial charge in [-0.15, -0.1) is 10.2 Å². The average Bonchev–Trinajstić information content (AvgIpc) is 3.24. The molecule has 0 radical (unpaired) electrons. The molecule has 2 N–H and O–H groups in total. The Kier molecular flexibility index (Phi) is 7.72. The number of hydrogen-bond donors (Lipinski definition) is 2. The molecule has 1 atom stereocenters. The van der Waals surface area contributed by atoms with Gasteiger partial charge in [-0.2, -0.15) is 0 Å². The molecule has 0 spiro atoms. The van der Waals surface area contributed by atoms with Gasteiger partial charge in [-0.3, -0.25) is 14.4 Å². The number of benzene rings is 1. The van der Waals surface area contributed by atoms with Gasteiger partial charge in [-0.25, -0.2) is 0 Å². The van der Waals surface area contributed by atoms with Crippen LogP contribution < -0.4 is 10.6 Å². The lowest BCUT2D eigenvalue weighted by Gasteiger charge is -2.31. The van der Waals surface area contributed by atoms with Gasteiger partial charge >= 0.3 is 0 Å². The van der Waals surface area contributed by atoms with Gasteiger partial charge in [0.05, 0.1) is 12.5 Å². The topological polar surface area (TPSA) is 114 Å². The molecule has 30 heavy (non-hydrogen) atoms. The van der Waals surface area contributed by atoms with Crippen molar-refractivity contribution in [3.05, 3.63) is 39.3 Å². The Morgan fingerprint density at radius 3 is 2.87 bits per heavy atom. The molecule has 1 aromatic heterocycles. The van der Waals surface area contributed by atoms with Crippen molar-refractivity contribution in [3.63, 3.8) is 0 Å². The molecule has 0 aliphatic carbocycles. The molecule has 2 heterocycles. The van der Waals surface area contributed by atoms with Crippen LogP contribution in [0, 0.1) is 5.92 Å². The second kappa shape index (κ2) is 10.5. The lowest BCUT2D eigenvalue weighted by molar-refractivity contribution is -0.126. The fourth-order valence-electron chi connectivity index (χ4n) is 3.08. The Hall–Kier alpha value is -2.56. The van der Waals surface area contributed by atoms with Gasteiger partial charge in [0.25, 0.3) is 11.8 Å². The van der Waals surface area contributed by atoms with Gasteiger partial charge in [-0.1, -0.05) is 29.0 Å². The van der Waals surface area contributed by atoms with Crippen molar-refractivity contribution in [1.82, 2.24) is 20.4 Å². The molecule has 3 rings (SSSR count). The van der Waals surface area contributed by atoms with Crippen LogP contribution in [-0.4, -0.2) is 66.2 Å². The number of ether oxygens (including phenoxy) is 1. The van der Waals surface area contributed by atoms with E-state index < -0.39 is 5.91 Å². The van der Waals surface area contributed by atoms with Gasteiger partial charge in [0.15, 0.2) is 0 Å². The van der Waals surface area contributed by atoms with Crippen molar-refractivity contribution in [2.24, 2.45) is 5.92 Å². The van der Waals surface area contributed by atoms with Gasteiger partial charge in [-0.05, 0) is 31.0 Å². The molecule has 1 aliphatic rings. The number of carbonyl (C=O) groups is 3. The normalized spacial score (nSPS) is 16.2. The summed E-state index contributed by atoms with van der Waals surface area (Å²) < 4.78 is 4.93. The monoisotopic (exact) mass is 451 g/mol. The summed E-state index contributed by atoms with van der Waals surface area (Å²) in [5, 5.41) is 13.9. The highest BCUT2D eigenvalue weighted by molar-refractivity contribution is 7.15. The third-order valence-corrected chi connectivity index (χ3v) is 5.71. The first-order valence-corrected chi connectivity index (χ1v) is 10.6. The smallest absolute Gasteiger partial charge is 0.286 e. The van der Waals surface area contributed by atoms with Crippen molar-refractivity contribution >= 4 is 46.3 Å². The summed E-state index contributed by atoms with van der Waals surface area (Å²) in [6.45, 7) is 1.71. The molecule has 0 saturated carbocycles. The fourth-order valence-corrected chi connectivity index (χ4v) is 3.98. The molecular weight excluding hydrogens is 430 g/mol. The summed E-state index contributed by atoms with van der Waals surface area (Å²) in [7, 11) is 1.57. The maximum Gasteiger partial charge on any atom is 0.286 e. The van der Waals surface area contributed by atoms with E-state index in [1.165, 1.54) is 0 Å². The zero-order valence-corrected chi connectivity index (χ0v) is 18.0. The molecule has 3 amide bonds. The SMILES string of the molecule is COCCNC(=O)C1CCCN(C(=O)c2nnc(C(=O)Nc3cccc(Cl)c3)s2)C1. The van der Waals surface area contributed by atoms with Crippen LogP contribution in [0.2, 0.25) is 5.02 Å². The molecule has 1 aliphatic heterocycles. The molecule has 0 bridgehead atoms. The highest BCUT2D eigenvalue weighted by Crippen LogP contribution is 2.21. The summed E-state index contributed by atoms with van der Waals surface area (Å²) in [5.74, 6) is -1.17. The molecule has 160 valence electrons. The fraction of sp³-hybridized carbons (Fsp3) is 0.421. The molecule has 9 nitrogen and oxygen atoms in total. The van der Waals surface area contributed by atoms with Crippen molar-refractivity contribution in [3.8, 4) is 0 Å². The van der Waals surface area contributed by atoms with Gasteiger partial charge in [0.1, 0.15) is 0 Å². The molecule has 1 fully saturated rings. The number of aromatic nitrogens is 2. The number of rotatable bonds is 7. The van der Waals surface area contributed by atoms with Crippen LogP contribution in [0.1, 0.15) is 32.4 Å². The first-order chi connectivity index (χ1) is 14.5. The zero-order chi connectivity index (χ0) is 21.5. The Morgan fingerprint density at radius 2 is 2.10 bits per heavy atom. The molecular formula is C19H22ClN5O4S. The van der Waals surface area contributed by atoms with Crippen LogP contribution in [0.5, 0.6) is 0 Å². The number of carbonyl (C=O) groups excluding carboxylic acids is 3. The van der Waals surface area contributed by atoms with Crippen LogP contribution in [0.4, 0.5) is 5.69 Å². The number of halogens is 1. The maximum absolute atomic E-state index is 12.8. The Labute approximate surface area is 182 Å². The summed E-state index contributed by atoms with van der Waals surface area (Å²) in [6.07, 6.45) is 1.43. The Balaban J connectivity index is 1.59. The van der Waals surface area contributed by atoms with Crippen LogP contribution in [0.15, 0.2) is 24.3 Å². The van der Waals surface area contributed by atoms with E-state index in [9.17, 15) is 14.4 Å². The molecule has 2 aromatic rings. The van der Waals surface area contributed by atoms with Crippen LogP contribution >= 0.6 is 22.9 Å². The number of piperidine rings is 1. The first kappa shape index (κ1) is 22.1. The molecule has 1 saturated heterocycles. The molecule has 1 unspecified atom stereocenters. The van der Waals surface area contributed by atoms with Crippen molar-refractivity contribution in [2.75, 3.05) is 38.7 Å². The molecule has 1 aromatic carbocycles. The number of nitrogens with one attached hydrogen (secondary N) is 2. The number of nitrogens with zero attached hydrogens (tertiary/aromatic N) is 3. The van der Waals surface area contributed by atoms with E-state index in [0.29, 0.717) is 43.4 Å². The predicted molar refractivity (Wildman–Crippen MR) is 113 cm³/mol. The maximum atomic E-state index is 12.8. The number of anilines is 1. The summed E-state index contributed by atoms with van der Waals surface area (Å²) in [6, 6.07) is 6.72. The number of methoxy groups -OCH3 is 1. The highest BCUT2D eigenvalue weighted by atomic mass is 35.5.